The van der Waals surface area contributed by atoms with Crippen molar-refractivity contribution >= 4 is 44.7 Å². The van der Waals surface area contributed by atoms with Gasteiger partial charge in [0.1, 0.15) is 11.3 Å². The van der Waals surface area contributed by atoms with Crippen molar-refractivity contribution in [3.8, 4) is 11.8 Å². The predicted octanol–water partition coefficient (Wildman–Crippen LogP) is 5.97. The number of ether oxygens (including phenoxy) is 1. The molecule has 0 saturated heterocycles. The lowest BCUT2D eigenvalue weighted by atomic mass is 10.2. The zero-order chi connectivity index (χ0) is 25.4. The quantitative estimate of drug-likeness (QED) is 0.311. The van der Waals surface area contributed by atoms with Crippen molar-refractivity contribution in [2.75, 3.05) is 5.32 Å². The molecule has 0 fully saturated rings. The second-order valence-electron chi connectivity index (χ2n) is 8.91. The molecule has 0 saturated carbocycles. The van der Waals surface area contributed by atoms with Gasteiger partial charge in [0.05, 0.1) is 16.6 Å². The van der Waals surface area contributed by atoms with E-state index in [1.807, 2.05) is 80.6 Å². The van der Waals surface area contributed by atoms with Crippen LogP contribution in [0.5, 0.6) is 11.8 Å². The zero-order valence-electron chi connectivity index (χ0n) is 20.5. The number of aromatic nitrogens is 5. The minimum absolute atomic E-state index is 0.112. The van der Waals surface area contributed by atoms with Crippen molar-refractivity contribution in [1.29, 1.82) is 0 Å². The van der Waals surface area contributed by atoms with Gasteiger partial charge in [0.2, 0.25) is 5.91 Å². The second kappa shape index (κ2) is 9.31. The van der Waals surface area contributed by atoms with Gasteiger partial charge in [-0.15, -0.1) is 0 Å². The second-order valence-corrected chi connectivity index (χ2v) is 8.91. The molecule has 8 nitrogen and oxygen atoms in total. The lowest BCUT2D eigenvalue weighted by Gasteiger charge is -2.10. The summed E-state index contributed by atoms with van der Waals surface area (Å²) in [6.07, 6.45) is 0.271. The molecule has 0 radical (unpaired) electrons. The topological polar surface area (TPSA) is 94.8 Å². The van der Waals surface area contributed by atoms with E-state index in [-0.39, 0.29) is 18.3 Å². The summed E-state index contributed by atoms with van der Waals surface area (Å²) in [4.78, 5) is 31.3. The highest BCUT2D eigenvalue weighted by atomic mass is 16.5. The minimum atomic E-state index is -0.112. The summed E-state index contributed by atoms with van der Waals surface area (Å²) in [5, 5.41) is 3.99. The van der Waals surface area contributed by atoms with Gasteiger partial charge >= 0.3 is 6.01 Å². The third-order valence-corrected chi connectivity index (χ3v) is 6.11. The Bertz CT molecular complexity index is 1770. The molecule has 182 valence electrons. The normalized spacial score (nSPS) is 11.3. The molecule has 6 rings (SSSR count). The van der Waals surface area contributed by atoms with Gasteiger partial charge in [-0.3, -0.25) is 4.79 Å². The zero-order valence-corrected chi connectivity index (χ0v) is 20.5. The molecule has 0 spiro atoms. The molecular formula is C29H24N6O2. The Balaban J connectivity index is 1.22. The van der Waals surface area contributed by atoms with Gasteiger partial charge in [0.25, 0.3) is 0 Å². The Morgan fingerprint density at radius 2 is 1.57 bits per heavy atom. The molecule has 1 amide bonds. The number of anilines is 1. The van der Waals surface area contributed by atoms with Crippen molar-refractivity contribution in [1.82, 2.24) is 24.5 Å². The van der Waals surface area contributed by atoms with Gasteiger partial charge in [-0.05, 0) is 50.2 Å². The first-order valence-corrected chi connectivity index (χ1v) is 12.1. The maximum absolute atomic E-state index is 12.9. The summed E-state index contributed by atoms with van der Waals surface area (Å²) in [5.74, 6) is 0.437. The first-order valence-electron chi connectivity index (χ1n) is 12.1. The summed E-state index contributed by atoms with van der Waals surface area (Å²) in [6, 6.07) is 25.3. The van der Waals surface area contributed by atoms with E-state index < -0.39 is 0 Å². The van der Waals surface area contributed by atoms with E-state index in [0.29, 0.717) is 18.0 Å². The Kier molecular flexibility index (Phi) is 5.69. The van der Waals surface area contributed by atoms with Gasteiger partial charge in [-0.2, -0.15) is 0 Å². The van der Waals surface area contributed by atoms with E-state index >= 15 is 0 Å². The maximum atomic E-state index is 12.9. The summed E-state index contributed by atoms with van der Waals surface area (Å²) in [6.45, 7) is 4.25. The monoisotopic (exact) mass is 488 g/mol. The highest BCUT2D eigenvalue weighted by Crippen LogP contribution is 2.28. The number of nitrogens with one attached hydrogen (secondary N) is 1. The number of para-hydroxylation sites is 3. The number of hydrogen-bond donors (Lipinski definition) is 1. The molecule has 0 bridgehead atoms. The van der Waals surface area contributed by atoms with Crippen LogP contribution < -0.4 is 10.1 Å². The SMILES string of the molecule is Cc1cc(C)nc(Oc2cccc(NC(=O)CCn3c4ccccc4c4nc5ccccc5nc43)c2)n1. The van der Waals surface area contributed by atoms with Crippen LogP contribution >= 0.6 is 0 Å². The van der Waals surface area contributed by atoms with Crippen molar-refractivity contribution < 1.29 is 9.53 Å². The third kappa shape index (κ3) is 4.56. The highest BCUT2D eigenvalue weighted by molar-refractivity contribution is 6.06. The van der Waals surface area contributed by atoms with E-state index in [2.05, 4.69) is 19.9 Å². The van der Waals surface area contributed by atoms with Crippen LogP contribution in [-0.4, -0.2) is 30.4 Å². The smallest absolute Gasteiger partial charge is 0.322 e. The van der Waals surface area contributed by atoms with Crippen molar-refractivity contribution in [3.05, 3.63) is 90.3 Å². The van der Waals surface area contributed by atoms with Crippen LogP contribution in [0.3, 0.4) is 0 Å². The molecule has 0 atom stereocenters. The number of nitrogens with zero attached hydrogens (tertiary/aromatic N) is 5. The molecule has 8 heteroatoms. The molecule has 0 aliphatic heterocycles. The Labute approximate surface area is 213 Å². The molecule has 37 heavy (non-hydrogen) atoms. The molecule has 3 heterocycles. The minimum Gasteiger partial charge on any atom is -0.424 e. The Morgan fingerprint density at radius 3 is 2.38 bits per heavy atom. The first-order chi connectivity index (χ1) is 18.0. The number of carbonyl (C=O) groups excluding carboxylic acids is 1. The van der Waals surface area contributed by atoms with E-state index in [9.17, 15) is 4.79 Å². The predicted molar refractivity (Wildman–Crippen MR) is 144 cm³/mol. The van der Waals surface area contributed by atoms with Crippen molar-refractivity contribution in [2.45, 2.75) is 26.8 Å². The number of benzene rings is 3. The van der Waals surface area contributed by atoms with Crippen LogP contribution in [0.2, 0.25) is 0 Å². The lowest BCUT2D eigenvalue weighted by molar-refractivity contribution is -0.116. The first kappa shape index (κ1) is 22.6. The fraction of sp³-hybridized carbons (Fsp3) is 0.138. The van der Waals surface area contributed by atoms with Gasteiger partial charge in [0.15, 0.2) is 5.65 Å². The molecule has 0 aliphatic rings. The molecule has 6 aromatic rings. The average molecular weight is 489 g/mol. The fourth-order valence-electron chi connectivity index (χ4n) is 4.53. The number of fused-ring (bicyclic) bond motifs is 4. The number of amides is 1. The summed E-state index contributed by atoms with van der Waals surface area (Å²) < 4.78 is 7.89. The van der Waals surface area contributed by atoms with E-state index in [4.69, 9.17) is 14.7 Å². The fourth-order valence-corrected chi connectivity index (χ4v) is 4.53. The summed E-state index contributed by atoms with van der Waals surface area (Å²) in [7, 11) is 0. The molecule has 3 aromatic carbocycles. The van der Waals surface area contributed by atoms with Crippen LogP contribution in [0.4, 0.5) is 5.69 Å². The Hall–Kier alpha value is -4.85. The Morgan fingerprint density at radius 1 is 0.838 bits per heavy atom. The molecule has 3 aromatic heterocycles. The standard InChI is InChI=1S/C29H24N6O2/c1-18-16-19(2)31-29(30-18)37-21-9-7-8-20(17-21)32-26(36)14-15-35-25-13-6-3-10-22(25)27-28(35)34-24-12-5-4-11-23(24)33-27/h3-13,16-17H,14-15H2,1-2H3,(H,32,36). The third-order valence-electron chi connectivity index (χ3n) is 6.11. The van der Waals surface area contributed by atoms with Crippen molar-refractivity contribution in [2.24, 2.45) is 0 Å². The van der Waals surface area contributed by atoms with Crippen LogP contribution in [0.15, 0.2) is 78.9 Å². The average Bonchev–Trinajstić information content (AvgIpc) is 3.18. The molecule has 0 aliphatic carbocycles. The van der Waals surface area contributed by atoms with Crippen LogP contribution in [-0.2, 0) is 11.3 Å². The van der Waals surface area contributed by atoms with Gasteiger partial charge in [0, 0.05) is 41.5 Å². The highest BCUT2D eigenvalue weighted by Gasteiger charge is 2.15. The van der Waals surface area contributed by atoms with Gasteiger partial charge in [-0.1, -0.05) is 36.4 Å². The van der Waals surface area contributed by atoms with Crippen LogP contribution in [0, 0.1) is 13.8 Å². The number of rotatable bonds is 6. The van der Waals surface area contributed by atoms with Gasteiger partial charge < -0.3 is 14.6 Å². The largest absolute Gasteiger partial charge is 0.424 e. The number of hydrogen-bond acceptors (Lipinski definition) is 6. The number of aryl methyl sites for hydroxylation is 3. The van der Waals surface area contributed by atoms with E-state index in [1.54, 1.807) is 12.1 Å². The van der Waals surface area contributed by atoms with E-state index in [0.717, 1.165) is 44.5 Å². The summed E-state index contributed by atoms with van der Waals surface area (Å²) >= 11 is 0. The molecular weight excluding hydrogens is 464 g/mol. The molecule has 0 unspecified atom stereocenters. The van der Waals surface area contributed by atoms with Gasteiger partial charge in [-0.25, -0.2) is 19.9 Å². The van der Waals surface area contributed by atoms with Crippen LogP contribution in [0.25, 0.3) is 33.1 Å². The van der Waals surface area contributed by atoms with Crippen LogP contribution in [0.1, 0.15) is 17.8 Å². The number of carbonyl (C=O) groups is 1. The molecule has 1 N–H and O–H groups in total. The lowest BCUT2D eigenvalue weighted by Crippen LogP contribution is -2.14. The van der Waals surface area contributed by atoms with Crippen molar-refractivity contribution in [3.63, 3.8) is 0 Å². The maximum Gasteiger partial charge on any atom is 0.322 e. The summed E-state index contributed by atoms with van der Waals surface area (Å²) in [5.41, 5.74) is 6.59. The van der Waals surface area contributed by atoms with E-state index in [1.165, 1.54) is 0 Å².